The summed E-state index contributed by atoms with van der Waals surface area (Å²) in [5, 5.41) is 0. The van der Waals surface area contributed by atoms with Gasteiger partial charge in [0, 0.05) is 19.3 Å². The summed E-state index contributed by atoms with van der Waals surface area (Å²) in [5.41, 5.74) is 0. The van der Waals surface area contributed by atoms with Crippen LogP contribution < -0.4 is 0 Å². The Balaban J connectivity index is 4.23. The third-order valence-electron chi connectivity index (χ3n) is 15.7. The number of hydrogen-bond donors (Lipinski definition) is 0. The van der Waals surface area contributed by atoms with Crippen molar-refractivity contribution < 1.29 is 28.6 Å². The summed E-state index contributed by atoms with van der Waals surface area (Å²) in [4.78, 5) is 38.3. The Morgan fingerprint density at radius 1 is 0.259 bits per heavy atom. The Hall–Kier alpha value is -3.15. The van der Waals surface area contributed by atoms with Gasteiger partial charge in [0.15, 0.2) is 6.10 Å². The highest BCUT2D eigenvalue weighted by Gasteiger charge is 2.19. The molecular formula is C75H134O6. The van der Waals surface area contributed by atoms with Crippen molar-refractivity contribution in [1.29, 1.82) is 0 Å². The van der Waals surface area contributed by atoms with Crippen LogP contribution in [0, 0.1) is 0 Å². The van der Waals surface area contributed by atoms with E-state index in [1.54, 1.807) is 0 Å². The number of rotatable bonds is 65. The summed E-state index contributed by atoms with van der Waals surface area (Å²) in [5.74, 6) is -0.966. The maximum absolute atomic E-state index is 12.9. The Morgan fingerprint density at radius 3 is 0.728 bits per heavy atom. The van der Waals surface area contributed by atoms with Crippen LogP contribution >= 0.6 is 0 Å². The summed E-state index contributed by atoms with van der Waals surface area (Å²) in [6, 6.07) is 0. The van der Waals surface area contributed by atoms with E-state index in [2.05, 4.69) is 87.6 Å². The van der Waals surface area contributed by atoms with Crippen LogP contribution in [0.15, 0.2) is 72.9 Å². The molecule has 0 saturated heterocycles. The predicted octanol–water partition coefficient (Wildman–Crippen LogP) is 24.4. The van der Waals surface area contributed by atoms with Crippen molar-refractivity contribution in [3.05, 3.63) is 72.9 Å². The van der Waals surface area contributed by atoms with Gasteiger partial charge in [0.05, 0.1) is 0 Å². The topological polar surface area (TPSA) is 78.9 Å². The van der Waals surface area contributed by atoms with E-state index in [1.807, 2.05) is 6.08 Å². The second-order valence-electron chi connectivity index (χ2n) is 23.8. The summed E-state index contributed by atoms with van der Waals surface area (Å²) >= 11 is 0. The van der Waals surface area contributed by atoms with Crippen LogP contribution in [0.25, 0.3) is 0 Å². The predicted molar refractivity (Wildman–Crippen MR) is 353 cm³/mol. The monoisotopic (exact) mass is 1130 g/mol. The van der Waals surface area contributed by atoms with Crippen molar-refractivity contribution in [1.82, 2.24) is 0 Å². The van der Waals surface area contributed by atoms with Gasteiger partial charge in [-0.15, -0.1) is 0 Å². The molecule has 1 unspecified atom stereocenters. The fourth-order valence-corrected chi connectivity index (χ4v) is 10.5. The second kappa shape index (κ2) is 69.3. The molecule has 81 heavy (non-hydrogen) atoms. The number of hydrogen-bond acceptors (Lipinski definition) is 6. The molecule has 0 heterocycles. The van der Waals surface area contributed by atoms with E-state index in [-0.39, 0.29) is 37.5 Å². The minimum absolute atomic E-state index is 0.101. The third-order valence-corrected chi connectivity index (χ3v) is 15.7. The summed E-state index contributed by atoms with van der Waals surface area (Å²) in [6.07, 6.45) is 91.1. The van der Waals surface area contributed by atoms with Crippen LogP contribution in [-0.4, -0.2) is 37.2 Å². The second-order valence-corrected chi connectivity index (χ2v) is 23.8. The van der Waals surface area contributed by atoms with Crippen LogP contribution in [0.2, 0.25) is 0 Å². The first kappa shape index (κ1) is 77.9. The molecule has 0 aliphatic rings. The number of carbonyl (C=O) groups is 3. The maximum atomic E-state index is 12.9. The largest absolute Gasteiger partial charge is 0.462 e. The number of allylic oxidation sites excluding steroid dienone is 12. The van der Waals surface area contributed by atoms with Crippen molar-refractivity contribution in [2.75, 3.05) is 13.2 Å². The SMILES string of the molecule is CC/C=C\C/C=C\C/C=C\C/C=C\C/C=C\C/C=C\CCC(=O)OC(COC(=O)CCCCCCCCCCCCCCC)COC(=O)CCCCCCCCCCCCCCCCCCCCCCCCCCCCCCCCC. The van der Waals surface area contributed by atoms with Gasteiger partial charge in [0.2, 0.25) is 0 Å². The molecule has 0 radical (unpaired) electrons. The molecule has 6 heteroatoms. The Kier molecular flexibility index (Phi) is 66.6. The highest BCUT2D eigenvalue weighted by Crippen LogP contribution is 2.18. The van der Waals surface area contributed by atoms with Crippen LogP contribution in [0.4, 0.5) is 0 Å². The van der Waals surface area contributed by atoms with Crippen molar-refractivity contribution in [3.63, 3.8) is 0 Å². The van der Waals surface area contributed by atoms with Gasteiger partial charge in [0.1, 0.15) is 13.2 Å². The van der Waals surface area contributed by atoms with Crippen molar-refractivity contribution in [2.45, 2.75) is 374 Å². The first-order chi connectivity index (χ1) is 40.0. The molecular weight excluding hydrogens is 997 g/mol. The zero-order valence-electron chi connectivity index (χ0n) is 54.1. The van der Waals surface area contributed by atoms with Crippen molar-refractivity contribution in [2.24, 2.45) is 0 Å². The van der Waals surface area contributed by atoms with E-state index in [0.717, 1.165) is 77.0 Å². The molecule has 6 nitrogen and oxygen atoms in total. The number of carbonyl (C=O) groups excluding carboxylic acids is 3. The summed E-state index contributed by atoms with van der Waals surface area (Å²) < 4.78 is 16.9. The molecule has 470 valence electrons. The first-order valence-electron chi connectivity index (χ1n) is 35.4. The fourth-order valence-electron chi connectivity index (χ4n) is 10.5. The zero-order chi connectivity index (χ0) is 58.5. The standard InChI is InChI=1S/C75H134O6/c1-4-7-10-13-16-19-22-25-27-29-31-32-33-34-35-36-37-38-39-40-41-42-44-45-47-50-53-56-59-62-65-68-74(77)80-71-72(70-79-73(76)67-64-61-58-55-52-49-24-21-18-15-12-9-6-3)81-75(78)69-66-63-60-57-54-51-48-46-43-30-28-26-23-20-17-14-11-8-5-2/h8,11,17,20,26,28,43,46,51,54,60,63,72H,4-7,9-10,12-16,18-19,21-25,27,29-42,44-45,47-50,52-53,55-59,61-62,64-71H2,1-3H3/b11-8-,20-17-,28-26-,46-43-,54-51-,63-60-. The summed E-state index contributed by atoms with van der Waals surface area (Å²) in [6.45, 7) is 6.52. The van der Waals surface area contributed by atoms with E-state index in [9.17, 15) is 14.4 Å². The molecule has 0 saturated carbocycles. The van der Waals surface area contributed by atoms with Gasteiger partial charge >= 0.3 is 17.9 Å². The normalized spacial score (nSPS) is 12.5. The van der Waals surface area contributed by atoms with Crippen LogP contribution in [0.3, 0.4) is 0 Å². The lowest BCUT2D eigenvalue weighted by Gasteiger charge is -2.18. The molecule has 0 bridgehead atoms. The van der Waals surface area contributed by atoms with Gasteiger partial charge in [-0.25, -0.2) is 0 Å². The van der Waals surface area contributed by atoms with Gasteiger partial charge in [-0.2, -0.15) is 0 Å². The molecule has 0 amide bonds. The quantitative estimate of drug-likeness (QED) is 0.0261. The van der Waals surface area contributed by atoms with Gasteiger partial charge in [-0.05, 0) is 57.8 Å². The average molecular weight is 1130 g/mol. The average Bonchev–Trinajstić information content (AvgIpc) is 3.46. The molecule has 0 aromatic carbocycles. The molecule has 0 aliphatic carbocycles. The van der Waals surface area contributed by atoms with Gasteiger partial charge in [-0.3, -0.25) is 14.4 Å². The molecule has 0 aromatic heterocycles. The molecule has 0 rings (SSSR count). The lowest BCUT2D eigenvalue weighted by molar-refractivity contribution is -0.166. The lowest BCUT2D eigenvalue weighted by Crippen LogP contribution is -2.30. The van der Waals surface area contributed by atoms with E-state index < -0.39 is 6.10 Å². The minimum atomic E-state index is -0.814. The van der Waals surface area contributed by atoms with E-state index in [0.29, 0.717) is 19.3 Å². The lowest BCUT2D eigenvalue weighted by atomic mass is 10.0. The maximum Gasteiger partial charge on any atom is 0.306 e. The van der Waals surface area contributed by atoms with Crippen LogP contribution in [-0.2, 0) is 28.6 Å². The molecule has 0 aromatic rings. The number of ether oxygens (including phenoxy) is 3. The molecule has 0 aliphatic heterocycles. The molecule has 0 spiro atoms. The zero-order valence-corrected chi connectivity index (χ0v) is 54.1. The smallest absolute Gasteiger partial charge is 0.306 e. The van der Waals surface area contributed by atoms with Gasteiger partial charge in [-0.1, -0.05) is 363 Å². The number of esters is 3. The first-order valence-corrected chi connectivity index (χ1v) is 35.4. The van der Waals surface area contributed by atoms with Crippen molar-refractivity contribution >= 4 is 17.9 Å². The van der Waals surface area contributed by atoms with E-state index >= 15 is 0 Å². The minimum Gasteiger partial charge on any atom is -0.462 e. The molecule has 0 fully saturated rings. The Bertz CT molecular complexity index is 1490. The van der Waals surface area contributed by atoms with E-state index in [4.69, 9.17) is 14.2 Å². The highest BCUT2D eigenvalue weighted by atomic mass is 16.6. The van der Waals surface area contributed by atoms with Crippen molar-refractivity contribution in [3.8, 4) is 0 Å². The Labute approximate surface area is 503 Å². The molecule has 1 atom stereocenters. The van der Waals surface area contributed by atoms with Gasteiger partial charge in [0.25, 0.3) is 0 Å². The highest BCUT2D eigenvalue weighted by molar-refractivity contribution is 5.71. The summed E-state index contributed by atoms with van der Waals surface area (Å²) in [7, 11) is 0. The van der Waals surface area contributed by atoms with E-state index in [1.165, 1.54) is 244 Å². The van der Waals surface area contributed by atoms with Gasteiger partial charge < -0.3 is 14.2 Å². The van der Waals surface area contributed by atoms with Crippen LogP contribution in [0.5, 0.6) is 0 Å². The van der Waals surface area contributed by atoms with Crippen LogP contribution in [0.1, 0.15) is 367 Å². The number of unbranched alkanes of at least 4 members (excludes halogenated alkanes) is 42. The Morgan fingerprint density at radius 2 is 0.481 bits per heavy atom. The molecule has 0 N–H and O–H groups in total. The fraction of sp³-hybridized carbons (Fsp3) is 0.800. The third kappa shape index (κ3) is 67.5.